The van der Waals surface area contributed by atoms with Crippen molar-refractivity contribution in [1.29, 1.82) is 0 Å². The van der Waals surface area contributed by atoms with Gasteiger partial charge in [-0.25, -0.2) is 4.79 Å². The Morgan fingerprint density at radius 1 is 1.25 bits per heavy atom. The average Bonchev–Trinajstić information content (AvgIpc) is 1.98. The van der Waals surface area contributed by atoms with Crippen molar-refractivity contribution in [2.24, 2.45) is 0 Å². The molecule has 0 aliphatic carbocycles. The van der Waals surface area contributed by atoms with E-state index < -0.39 is 24.0 Å². The second-order valence-corrected chi connectivity index (χ2v) is 4.76. The predicted octanol–water partition coefficient (Wildman–Crippen LogP) is 0.229. The quantitative estimate of drug-likeness (QED) is 0.291. The molecule has 0 aromatic carbocycles. The molecule has 0 spiro atoms. The van der Waals surface area contributed by atoms with Gasteiger partial charge in [0.25, 0.3) is 0 Å². The summed E-state index contributed by atoms with van der Waals surface area (Å²) in [5.74, 6) is -2.19. The van der Waals surface area contributed by atoms with Crippen LogP contribution in [0.2, 0.25) is 5.31 Å². The maximum absolute atomic E-state index is 11.3. The lowest BCUT2D eigenvalue weighted by molar-refractivity contribution is -0.186. The van der Waals surface area contributed by atoms with Crippen LogP contribution in [0.15, 0.2) is 0 Å². The lowest BCUT2D eigenvalue weighted by Crippen LogP contribution is -2.26. The number of rotatable bonds is 5. The zero-order valence-corrected chi connectivity index (χ0v) is 10.3. The SMILES string of the molecule is BC(C)(C)CC(=O)OC(C)OC(=O)C(C)=O. The Morgan fingerprint density at radius 2 is 1.75 bits per heavy atom. The summed E-state index contributed by atoms with van der Waals surface area (Å²) < 4.78 is 9.38. The summed E-state index contributed by atoms with van der Waals surface area (Å²) >= 11 is 0. The molecule has 90 valence electrons. The molecule has 1 atom stereocenters. The van der Waals surface area contributed by atoms with Crippen LogP contribution in [0.5, 0.6) is 0 Å². The van der Waals surface area contributed by atoms with E-state index in [1.165, 1.54) is 6.92 Å². The fraction of sp³-hybridized carbons (Fsp3) is 0.700. The first kappa shape index (κ1) is 14.7. The molecule has 0 N–H and O–H groups in total. The van der Waals surface area contributed by atoms with Gasteiger partial charge in [0.2, 0.25) is 12.1 Å². The van der Waals surface area contributed by atoms with Crippen molar-refractivity contribution < 1.29 is 23.9 Å². The lowest BCUT2D eigenvalue weighted by Gasteiger charge is -2.19. The molecule has 0 fully saturated rings. The Kier molecular flexibility index (Phi) is 5.21. The predicted molar refractivity (Wildman–Crippen MR) is 59.5 cm³/mol. The number of ether oxygens (including phenoxy) is 2. The molecule has 0 amide bonds. The van der Waals surface area contributed by atoms with Crippen molar-refractivity contribution in [2.45, 2.75) is 45.7 Å². The number of Topliss-reactive ketones (excluding diaryl/α,β-unsaturated/α-hetero) is 1. The summed E-state index contributed by atoms with van der Waals surface area (Å²) in [6.45, 7) is 6.26. The van der Waals surface area contributed by atoms with E-state index in [0.29, 0.717) is 0 Å². The Bertz CT molecular complexity index is 292. The Balaban J connectivity index is 4.06. The van der Waals surface area contributed by atoms with Crippen molar-refractivity contribution in [1.82, 2.24) is 0 Å². The Morgan fingerprint density at radius 3 is 2.12 bits per heavy atom. The number of ketones is 1. The van der Waals surface area contributed by atoms with Crippen LogP contribution in [-0.4, -0.2) is 31.9 Å². The maximum atomic E-state index is 11.3. The molecule has 0 rings (SSSR count). The van der Waals surface area contributed by atoms with E-state index in [2.05, 4.69) is 4.74 Å². The first-order valence-corrected chi connectivity index (χ1v) is 5.03. The van der Waals surface area contributed by atoms with Crippen molar-refractivity contribution in [3.05, 3.63) is 0 Å². The van der Waals surface area contributed by atoms with E-state index >= 15 is 0 Å². The molecule has 1 unspecified atom stereocenters. The highest BCUT2D eigenvalue weighted by Gasteiger charge is 2.21. The minimum atomic E-state index is -1.04. The largest absolute Gasteiger partial charge is 0.425 e. The Labute approximate surface area is 95.9 Å². The maximum Gasteiger partial charge on any atom is 0.377 e. The number of hydrogen-bond donors (Lipinski definition) is 0. The molecule has 0 aromatic rings. The molecule has 0 aliphatic rings. The van der Waals surface area contributed by atoms with Gasteiger partial charge in [-0.1, -0.05) is 19.2 Å². The fourth-order valence-electron chi connectivity index (χ4n) is 0.918. The summed E-state index contributed by atoms with van der Waals surface area (Å²) in [6, 6.07) is 0. The number of hydrogen-bond acceptors (Lipinski definition) is 5. The van der Waals surface area contributed by atoms with Crippen molar-refractivity contribution in [2.75, 3.05) is 0 Å². The van der Waals surface area contributed by atoms with Gasteiger partial charge >= 0.3 is 11.9 Å². The van der Waals surface area contributed by atoms with E-state index in [9.17, 15) is 14.4 Å². The molecule has 0 bridgehead atoms. The molecule has 16 heavy (non-hydrogen) atoms. The van der Waals surface area contributed by atoms with Gasteiger partial charge in [-0.3, -0.25) is 9.59 Å². The smallest absolute Gasteiger partial charge is 0.377 e. The summed E-state index contributed by atoms with van der Waals surface area (Å²) in [5, 5.41) is -0.193. The van der Waals surface area contributed by atoms with Crippen LogP contribution in [0.1, 0.15) is 34.1 Å². The minimum absolute atomic E-state index is 0.193. The Hall–Kier alpha value is -1.33. The molecule has 5 nitrogen and oxygen atoms in total. The summed E-state index contributed by atoms with van der Waals surface area (Å²) in [6.07, 6.45) is -0.819. The van der Waals surface area contributed by atoms with E-state index in [1.807, 2.05) is 21.7 Å². The van der Waals surface area contributed by atoms with Gasteiger partial charge in [0, 0.05) is 20.3 Å². The molecule has 0 saturated carbocycles. The van der Waals surface area contributed by atoms with Gasteiger partial charge in [-0.2, -0.15) is 0 Å². The molecule has 6 heteroatoms. The van der Waals surface area contributed by atoms with Gasteiger partial charge < -0.3 is 9.47 Å². The molecule has 0 heterocycles. The highest BCUT2D eigenvalue weighted by molar-refractivity contribution is 6.32. The third kappa shape index (κ3) is 7.03. The first-order valence-electron chi connectivity index (χ1n) is 5.03. The third-order valence-electron chi connectivity index (χ3n) is 1.53. The van der Waals surface area contributed by atoms with Crippen molar-refractivity contribution in [3.8, 4) is 0 Å². The van der Waals surface area contributed by atoms with E-state index in [-0.39, 0.29) is 11.7 Å². The number of carbonyl (C=O) groups excluding carboxylic acids is 3. The van der Waals surface area contributed by atoms with E-state index in [4.69, 9.17) is 4.74 Å². The fourth-order valence-corrected chi connectivity index (χ4v) is 0.918. The van der Waals surface area contributed by atoms with Crippen molar-refractivity contribution in [3.63, 3.8) is 0 Å². The van der Waals surface area contributed by atoms with Crippen LogP contribution < -0.4 is 0 Å². The van der Waals surface area contributed by atoms with Gasteiger partial charge in [-0.05, 0) is 0 Å². The summed E-state index contributed by atoms with van der Waals surface area (Å²) in [7, 11) is 1.89. The minimum Gasteiger partial charge on any atom is -0.425 e. The number of esters is 2. The van der Waals surface area contributed by atoms with Crippen LogP contribution >= 0.6 is 0 Å². The van der Waals surface area contributed by atoms with Gasteiger partial charge in [-0.15, -0.1) is 0 Å². The normalized spacial score (nSPS) is 12.8. The highest BCUT2D eigenvalue weighted by Crippen LogP contribution is 2.24. The van der Waals surface area contributed by atoms with Crippen LogP contribution in [-0.2, 0) is 23.9 Å². The van der Waals surface area contributed by atoms with Gasteiger partial charge in [0.05, 0.1) is 0 Å². The topological polar surface area (TPSA) is 69.7 Å². The molecule has 0 radical (unpaired) electrons. The summed E-state index contributed by atoms with van der Waals surface area (Å²) in [4.78, 5) is 32.8. The highest BCUT2D eigenvalue weighted by atomic mass is 16.7. The van der Waals surface area contributed by atoms with Crippen LogP contribution in [0.25, 0.3) is 0 Å². The average molecular weight is 228 g/mol. The second-order valence-electron chi connectivity index (χ2n) is 4.76. The molecule has 0 saturated heterocycles. The van der Waals surface area contributed by atoms with Crippen LogP contribution in [0.3, 0.4) is 0 Å². The van der Waals surface area contributed by atoms with E-state index in [0.717, 1.165) is 6.92 Å². The zero-order chi connectivity index (χ0) is 12.9. The molecular formula is C10H17BO5. The third-order valence-corrected chi connectivity index (χ3v) is 1.53. The van der Waals surface area contributed by atoms with Crippen LogP contribution in [0, 0.1) is 0 Å². The lowest BCUT2D eigenvalue weighted by atomic mass is 9.70. The monoisotopic (exact) mass is 228 g/mol. The van der Waals surface area contributed by atoms with Gasteiger partial charge in [0.15, 0.2) is 0 Å². The molecule has 0 aliphatic heterocycles. The van der Waals surface area contributed by atoms with Crippen molar-refractivity contribution >= 4 is 25.6 Å². The van der Waals surface area contributed by atoms with Crippen LogP contribution in [0.4, 0.5) is 0 Å². The number of carbonyl (C=O) groups is 3. The summed E-state index contributed by atoms with van der Waals surface area (Å²) in [5.41, 5.74) is 0. The van der Waals surface area contributed by atoms with E-state index in [1.54, 1.807) is 0 Å². The molecule has 0 aromatic heterocycles. The molecular weight excluding hydrogens is 211 g/mol. The first-order chi connectivity index (χ1) is 7.11. The standard InChI is InChI=1S/C10H17BO5/c1-6(12)9(14)16-7(2)15-8(13)5-10(3,4)11/h7H,5,11H2,1-4H3. The second kappa shape index (κ2) is 5.68. The zero-order valence-electron chi connectivity index (χ0n) is 10.3. The van der Waals surface area contributed by atoms with Gasteiger partial charge in [0.1, 0.15) is 7.85 Å².